The van der Waals surface area contributed by atoms with Crippen molar-refractivity contribution in [3.8, 4) is 5.75 Å². The van der Waals surface area contributed by atoms with Gasteiger partial charge in [0, 0.05) is 4.88 Å². The van der Waals surface area contributed by atoms with Crippen molar-refractivity contribution in [3.63, 3.8) is 0 Å². The van der Waals surface area contributed by atoms with Crippen molar-refractivity contribution >= 4 is 21.6 Å². The number of nitrogens with zero attached hydrogens (tertiary/aromatic N) is 1. The maximum atomic E-state index is 12.7. The summed E-state index contributed by atoms with van der Waals surface area (Å²) in [6.07, 6.45) is 3.23. The first-order valence-electron chi connectivity index (χ1n) is 9.67. The molecule has 1 aromatic carbocycles. The van der Waals surface area contributed by atoms with Crippen LogP contribution in [0.15, 0.2) is 35.1 Å². The number of aromatic amines is 1. The molecule has 1 aliphatic rings. The van der Waals surface area contributed by atoms with Crippen LogP contribution >= 0.6 is 11.3 Å². The largest absolute Gasteiger partial charge is 0.488 e. The Morgan fingerprint density at radius 1 is 1.37 bits per heavy atom. The van der Waals surface area contributed by atoms with Crippen LogP contribution < -0.4 is 15.6 Å². The Labute approximate surface area is 162 Å². The number of hydrogen-bond donors (Lipinski definition) is 2. The van der Waals surface area contributed by atoms with Gasteiger partial charge in [-0.1, -0.05) is 25.1 Å². The summed E-state index contributed by atoms with van der Waals surface area (Å²) >= 11 is 1.71. The molecule has 0 fully saturated rings. The number of hydrogen-bond acceptors (Lipinski definition) is 4. The Bertz CT molecular complexity index is 980. The highest BCUT2D eigenvalue weighted by atomic mass is 32.1. The molecule has 0 saturated heterocycles. The smallest absolute Gasteiger partial charge is 0.260 e. The second kappa shape index (κ2) is 7.82. The average Bonchev–Trinajstić information content (AvgIpc) is 3.03. The number of H-pyrrole nitrogens is 1. The van der Waals surface area contributed by atoms with Crippen LogP contribution in [0.4, 0.5) is 0 Å². The van der Waals surface area contributed by atoms with Gasteiger partial charge in [-0.25, -0.2) is 4.98 Å². The van der Waals surface area contributed by atoms with Crippen LogP contribution in [0.3, 0.4) is 0 Å². The summed E-state index contributed by atoms with van der Waals surface area (Å²) in [7, 11) is 0. The van der Waals surface area contributed by atoms with Gasteiger partial charge in [-0.05, 0) is 49.8 Å². The highest BCUT2D eigenvalue weighted by Gasteiger charge is 2.24. The number of para-hydroxylation sites is 1. The third-order valence-electron chi connectivity index (χ3n) is 5.27. The van der Waals surface area contributed by atoms with Gasteiger partial charge in [0.15, 0.2) is 5.82 Å². The van der Waals surface area contributed by atoms with E-state index in [0.717, 1.165) is 47.6 Å². The Morgan fingerprint density at radius 2 is 2.19 bits per heavy atom. The van der Waals surface area contributed by atoms with Crippen molar-refractivity contribution in [2.75, 3.05) is 13.2 Å². The van der Waals surface area contributed by atoms with Gasteiger partial charge >= 0.3 is 0 Å². The molecule has 0 aliphatic heterocycles. The fourth-order valence-electron chi connectivity index (χ4n) is 3.70. The molecular weight excluding hydrogens is 358 g/mol. The average molecular weight is 385 g/mol. The first-order valence-corrected chi connectivity index (χ1v) is 10.5. The zero-order chi connectivity index (χ0) is 18.8. The Hall–Kier alpha value is -2.18. The molecule has 6 heteroatoms. The maximum absolute atomic E-state index is 12.7. The van der Waals surface area contributed by atoms with Crippen LogP contribution in [0.1, 0.15) is 42.6 Å². The maximum Gasteiger partial charge on any atom is 0.260 e. The number of ether oxygens (including phenoxy) is 1. The van der Waals surface area contributed by atoms with E-state index in [-0.39, 0.29) is 11.6 Å². The van der Waals surface area contributed by atoms with E-state index >= 15 is 0 Å². The van der Waals surface area contributed by atoms with Gasteiger partial charge in [0.05, 0.1) is 5.39 Å². The standard InChI is InChI=1S/C21H25N3O2S/c1-13-8-9-16-17(12-13)27-21-18(16)20(25)23-19(24-21)14(2)22-10-11-26-15-6-4-3-5-7-15/h3-7,13-14,22H,8-12H2,1-2H3,(H,23,24,25)/p+1/t13-,14+/m0/s1. The lowest BCUT2D eigenvalue weighted by atomic mass is 9.89. The second-order valence-electron chi connectivity index (χ2n) is 7.46. The molecule has 3 N–H and O–H groups in total. The molecule has 4 rings (SSSR count). The number of aryl methyl sites for hydroxylation is 1. The predicted octanol–water partition coefficient (Wildman–Crippen LogP) is 2.81. The molecule has 1 aliphatic carbocycles. The topological polar surface area (TPSA) is 71.6 Å². The number of thiophene rings is 1. The molecule has 0 amide bonds. The van der Waals surface area contributed by atoms with Crippen LogP contribution in [0, 0.1) is 5.92 Å². The lowest BCUT2D eigenvalue weighted by Gasteiger charge is -2.17. The third kappa shape index (κ3) is 3.92. The summed E-state index contributed by atoms with van der Waals surface area (Å²) in [4.78, 5) is 22.8. The summed E-state index contributed by atoms with van der Waals surface area (Å²) in [6.45, 7) is 5.77. The second-order valence-corrected chi connectivity index (χ2v) is 8.54. The minimum atomic E-state index is 0.0165. The van der Waals surface area contributed by atoms with E-state index in [4.69, 9.17) is 9.72 Å². The Kier molecular flexibility index (Phi) is 5.27. The number of aromatic nitrogens is 2. The number of fused-ring (bicyclic) bond motifs is 3. The summed E-state index contributed by atoms with van der Waals surface area (Å²) in [5, 5.41) is 2.98. The van der Waals surface area contributed by atoms with Gasteiger partial charge in [0.2, 0.25) is 0 Å². The monoisotopic (exact) mass is 384 g/mol. The third-order valence-corrected chi connectivity index (χ3v) is 6.41. The van der Waals surface area contributed by atoms with Crippen molar-refractivity contribution in [2.24, 2.45) is 5.92 Å². The molecular formula is C21H26N3O2S+. The fourth-order valence-corrected chi connectivity index (χ4v) is 5.09. The summed E-state index contributed by atoms with van der Waals surface area (Å²) in [5.74, 6) is 2.32. The van der Waals surface area contributed by atoms with Crippen LogP contribution in [0.2, 0.25) is 0 Å². The van der Waals surface area contributed by atoms with Crippen molar-refractivity contribution in [1.82, 2.24) is 9.97 Å². The van der Waals surface area contributed by atoms with Crippen LogP contribution in [0.5, 0.6) is 5.75 Å². The number of rotatable bonds is 6. The van der Waals surface area contributed by atoms with E-state index in [1.54, 1.807) is 11.3 Å². The van der Waals surface area contributed by atoms with Gasteiger partial charge in [0.1, 0.15) is 29.8 Å². The number of nitrogens with two attached hydrogens (primary N) is 1. The molecule has 2 heterocycles. The Morgan fingerprint density at radius 3 is 3.00 bits per heavy atom. The zero-order valence-electron chi connectivity index (χ0n) is 15.8. The first-order chi connectivity index (χ1) is 13.1. The van der Waals surface area contributed by atoms with Crippen molar-refractivity contribution in [1.29, 1.82) is 0 Å². The van der Waals surface area contributed by atoms with Crippen molar-refractivity contribution < 1.29 is 10.1 Å². The Balaban J connectivity index is 1.44. The van der Waals surface area contributed by atoms with E-state index in [1.165, 1.54) is 10.4 Å². The highest BCUT2D eigenvalue weighted by Crippen LogP contribution is 2.35. The molecule has 3 aromatic rings. The minimum Gasteiger partial charge on any atom is -0.488 e. The molecule has 142 valence electrons. The van der Waals surface area contributed by atoms with Gasteiger partial charge in [-0.15, -0.1) is 11.3 Å². The van der Waals surface area contributed by atoms with Gasteiger partial charge in [0.25, 0.3) is 5.56 Å². The lowest BCUT2D eigenvalue weighted by molar-refractivity contribution is -0.694. The summed E-state index contributed by atoms with van der Waals surface area (Å²) < 4.78 is 5.73. The van der Waals surface area contributed by atoms with Crippen LogP contribution in [-0.2, 0) is 12.8 Å². The predicted molar refractivity (Wildman–Crippen MR) is 109 cm³/mol. The van der Waals surface area contributed by atoms with E-state index in [2.05, 4.69) is 24.1 Å². The van der Waals surface area contributed by atoms with E-state index in [1.807, 2.05) is 30.3 Å². The van der Waals surface area contributed by atoms with E-state index < -0.39 is 0 Å². The molecule has 0 spiro atoms. The highest BCUT2D eigenvalue weighted by molar-refractivity contribution is 7.18. The summed E-state index contributed by atoms with van der Waals surface area (Å²) in [5.41, 5.74) is 1.25. The molecule has 5 nitrogen and oxygen atoms in total. The van der Waals surface area contributed by atoms with E-state index in [9.17, 15) is 4.79 Å². The molecule has 2 atom stereocenters. The number of nitrogens with one attached hydrogen (secondary N) is 1. The van der Waals surface area contributed by atoms with Crippen LogP contribution in [0.25, 0.3) is 10.2 Å². The van der Waals surface area contributed by atoms with Crippen molar-refractivity contribution in [2.45, 2.75) is 39.2 Å². The quantitative estimate of drug-likeness (QED) is 0.642. The van der Waals surface area contributed by atoms with Gasteiger partial charge in [-0.2, -0.15) is 0 Å². The molecule has 0 radical (unpaired) electrons. The first kappa shape index (κ1) is 18.2. The lowest BCUT2D eigenvalue weighted by Crippen LogP contribution is -2.86. The molecule has 27 heavy (non-hydrogen) atoms. The van der Waals surface area contributed by atoms with Crippen molar-refractivity contribution in [3.05, 3.63) is 57.0 Å². The minimum absolute atomic E-state index is 0.0165. The van der Waals surface area contributed by atoms with Gasteiger partial charge < -0.3 is 15.0 Å². The molecule has 0 unspecified atom stereocenters. The van der Waals surface area contributed by atoms with E-state index in [0.29, 0.717) is 12.5 Å². The number of benzene rings is 1. The molecule has 0 saturated carbocycles. The fraction of sp³-hybridized carbons (Fsp3) is 0.429. The summed E-state index contributed by atoms with van der Waals surface area (Å²) in [6, 6.07) is 9.90. The molecule has 2 aromatic heterocycles. The SMILES string of the molecule is C[C@H]1CCc2c(sc3nc([C@@H](C)[NH2+]CCOc4ccccc4)[nH]c(=O)c23)C1. The van der Waals surface area contributed by atoms with Crippen LogP contribution in [-0.4, -0.2) is 23.1 Å². The molecule has 0 bridgehead atoms. The number of quaternary nitrogens is 1. The zero-order valence-corrected chi connectivity index (χ0v) is 16.6. The normalized spacial score (nSPS) is 17.6. The van der Waals surface area contributed by atoms with Gasteiger partial charge in [-0.3, -0.25) is 4.79 Å².